The number of aromatic nitrogens is 1. The molecule has 0 saturated heterocycles. The van der Waals surface area contributed by atoms with Crippen LogP contribution in [-0.4, -0.2) is 33.9 Å². The number of rotatable bonds is 4. The molecule has 0 spiro atoms. The molecule has 0 fully saturated rings. The Bertz CT molecular complexity index is 366. The number of aliphatic carboxylic acids is 1. The van der Waals surface area contributed by atoms with E-state index in [2.05, 4.69) is 4.98 Å². The minimum Gasteiger partial charge on any atom is -0.480 e. The molecule has 1 aromatic rings. The fourth-order valence-electron chi connectivity index (χ4n) is 1.02. The van der Waals surface area contributed by atoms with Gasteiger partial charge in [0.15, 0.2) is 5.78 Å². The molecule has 2 unspecified atom stereocenters. The van der Waals surface area contributed by atoms with Crippen molar-refractivity contribution in [1.29, 1.82) is 0 Å². The molecule has 1 heterocycles. The fourth-order valence-corrected chi connectivity index (χ4v) is 1.02. The molecule has 15 heavy (non-hydrogen) atoms. The van der Waals surface area contributed by atoms with Crippen LogP contribution in [0.25, 0.3) is 0 Å². The van der Waals surface area contributed by atoms with Crippen molar-refractivity contribution < 1.29 is 14.7 Å². The van der Waals surface area contributed by atoms with Gasteiger partial charge in [-0.1, -0.05) is 0 Å². The van der Waals surface area contributed by atoms with Gasteiger partial charge in [0, 0.05) is 18.0 Å². The Morgan fingerprint density at radius 1 is 1.33 bits per heavy atom. The first-order valence-electron chi connectivity index (χ1n) is 4.22. The number of carboxylic acids is 1. The molecular weight excluding hydrogens is 198 g/mol. The van der Waals surface area contributed by atoms with Crippen LogP contribution in [0.15, 0.2) is 24.5 Å². The summed E-state index contributed by atoms with van der Waals surface area (Å²) in [6.45, 7) is 0. The van der Waals surface area contributed by atoms with Gasteiger partial charge in [-0.05, 0) is 12.1 Å². The van der Waals surface area contributed by atoms with E-state index in [1.165, 1.54) is 18.5 Å². The van der Waals surface area contributed by atoms with Crippen LogP contribution in [0.1, 0.15) is 10.4 Å². The summed E-state index contributed by atoms with van der Waals surface area (Å²) in [7, 11) is 0. The predicted octanol–water partition coefficient (Wildman–Crippen LogP) is -0.996. The lowest BCUT2D eigenvalue weighted by atomic mass is 10.0. The maximum Gasteiger partial charge on any atom is 0.322 e. The van der Waals surface area contributed by atoms with E-state index in [-0.39, 0.29) is 5.56 Å². The van der Waals surface area contributed by atoms with Crippen molar-refractivity contribution in [1.82, 2.24) is 4.98 Å². The summed E-state index contributed by atoms with van der Waals surface area (Å²) in [5.74, 6) is -1.84. The summed E-state index contributed by atoms with van der Waals surface area (Å²) in [5, 5.41) is 8.58. The second-order valence-electron chi connectivity index (χ2n) is 3.00. The molecule has 0 aliphatic heterocycles. The van der Waals surface area contributed by atoms with Crippen LogP contribution in [0.4, 0.5) is 0 Å². The molecule has 0 bridgehead atoms. The van der Waals surface area contributed by atoms with Crippen LogP contribution in [0, 0.1) is 0 Å². The molecule has 0 amide bonds. The highest BCUT2D eigenvalue weighted by atomic mass is 16.4. The number of carboxylic acid groups (broad SMARTS) is 1. The number of pyridine rings is 1. The molecule has 80 valence electrons. The number of hydrogen-bond donors (Lipinski definition) is 3. The van der Waals surface area contributed by atoms with Crippen LogP contribution in [-0.2, 0) is 4.79 Å². The average Bonchev–Trinajstić information content (AvgIpc) is 2.27. The Morgan fingerprint density at radius 3 is 2.47 bits per heavy atom. The van der Waals surface area contributed by atoms with E-state index in [0.29, 0.717) is 0 Å². The number of nitrogens with zero attached hydrogens (tertiary/aromatic N) is 1. The SMILES string of the molecule is NC(C(=O)O)C(N)C(=O)c1cccnc1. The average molecular weight is 209 g/mol. The van der Waals surface area contributed by atoms with Crippen LogP contribution in [0.2, 0.25) is 0 Å². The summed E-state index contributed by atoms with van der Waals surface area (Å²) in [4.78, 5) is 25.8. The maximum absolute atomic E-state index is 11.6. The standard InChI is InChI=1S/C9H11N3O3/c10-6(7(11)9(14)15)8(13)5-2-1-3-12-4-5/h1-4,6-7H,10-11H2,(H,14,15). The largest absolute Gasteiger partial charge is 0.480 e. The summed E-state index contributed by atoms with van der Waals surface area (Å²) in [5.41, 5.74) is 10.9. The Kier molecular flexibility index (Phi) is 3.48. The van der Waals surface area contributed by atoms with Crippen molar-refractivity contribution in [3.8, 4) is 0 Å². The van der Waals surface area contributed by atoms with Crippen molar-refractivity contribution in [3.05, 3.63) is 30.1 Å². The summed E-state index contributed by atoms with van der Waals surface area (Å²) in [6, 6.07) is 0.403. The van der Waals surface area contributed by atoms with E-state index in [0.717, 1.165) is 0 Å². The summed E-state index contributed by atoms with van der Waals surface area (Å²) >= 11 is 0. The number of ketones is 1. The normalized spacial score (nSPS) is 14.3. The van der Waals surface area contributed by atoms with Crippen LogP contribution in [0.3, 0.4) is 0 Å². The molecule has 0 aliphatic rings. The van der Waals surface area contributed by atoms with E-state index < -0.39 is 23.8 Å². The zero-order valence-corrected chi connectivity index (χ0v) is 7.83. The summed E-state index contributed by atoms with van der Waals surface area (Å²) in [6.07, 6.45) is 2.82. The number of nitrogens with two attached hydrogens (primary N) is 2. The van der Waals surface area contributed by atoms with Gasteiger partial charge in [-0.2, -0.15) is 0 Å². The third-order valence-electron chi connectivity index (χ3n) is 1.92. The quantitative estimate of drug-likeness (QED) is 0.547. The molecule has 1 aromatic heterocycles. The van der Waals surface area contributed by atoms with Gasteiger partial charge in [-0.25, -0.2) is 0 Å². The first kappa shape index (κ1) is 11.3. The van der Waals surface area contributed by atoms with Crippen molar-refractivity contribution in [2.24, 2.45) is 11.5 Å². The number of hydrogen-bond acceptors (Lipinski definition) is 5. The minimum atomic E-state index is -1.40. The van der Waals surface area contributed by atoms with Gasteiger partial charge < -0.3 is 16.6 Å². The predicted molar refractivity (Wildman–Crippen MR) is 52.2 cm³/mol. The molecule has 6 nitrogen and oxygen atoms in total. The van der Waals surface area contributed by atoms with Crippen molar-refractivity contribution in [2.45, 2.75) is 12.1 Å². The van der Waals surface area contributed by atoms with E-state index in [1.807, 2.05) is 0 Å². The first-order chi connectivity index (χ1) is 7.04. The molecule has 1 rings (SSSR count). The Labute approximate surface area is 85.9 Å². The van der Waals surface area contributed by atoms with Crippen LogP contribution < -0.4 is 11.5 Å². The van der Waals surface area contributed by atoms with Gasteiger partial charge in [-0.15, -0.1) is 0 Å². The first-order valence-corrected chi connectivity index (χ1v) is 4.22. The highest BCUT2D eigenvalue weighted by molar-refractivity contribution is 6.02. The Morgan fingerprint density at radius 2 is 2.00 bits per heavy atom. The molecule has 0 saturated carbocycles. The second-order valence-corrected chi connectivity index (χ2v) is 3.00. The second kappa shape index (κ2) is 4.63. The number of Topliss-reactive ketones (excluding diaryl/α,β-unsaturated/α-hetero) is 1. The van der Waals surface area contributed by atoms with Crippen molar-refractivity contribution in [2.75, 3.05) is 0 Å². The topological polar surface area (TPSA) is 119 Å². The van der Waals surface area contributed by atoms with Crippen LogP contribution >= 0.6 is 0 Å². The smallest absolute Gasteiger partial charge is 0.322 e. The highest BCUT2D eigenvalue weighted by Crippen LogP contribution is 2.02. The molecule has 0 radical (unpaired) electrons. The lowest BCUT2D eigenvalue weighted by molar-refractivity contribution is -0.138. The summed E-state index contributed by atoms with van der Waals surface area (Å²) < 4.78 is 0. The van der Waals surface area contributed by atoms with E-state index in [4.69, 9.17) is 16.6 Å². The monoisotopic (exact) mass is 209 g/mol. The van der Waals surface area contributed by atoms with E-state index >= 15 is 0 Å². The molecule has 0 aromatic carbocycles. The van der Waals surface area contributed by atoms with Gasteiger partial charge in [-0.3, -0.25) is 14.6 Å². The maximum atomic E-state index is 11.6. The molecule has 5 N–H and O–H groups in total. The molecule has 0 aliphatic carbocycles. The lowest BCUT2D eigenvalue weighted by Gasteiger charge is -2.14. The van der Waals surface area contributed by atoms with Crippen molar-refractivity contribution in [3.63, 3.8) is 0 Å². The third-order valence-corrected chi connectivity index (χ3v) is 1.92. The van der Waals surface area contributed by atoms with E-state index in [9.17, 15) is 9.59 Å². The van der Waals surface area contributed by atoms with Crippen molar-refractivity contribution >= 4 is 11.8 Å². The zero-order chi connectivity index (χ0) is 11.4. The molecule has 6 heteroatoms. The molecular formula is C9H11N3O3. The lowest BCUT2D eigenvalue weighted by Crippen LogP contribution is -2.51. The zero-order valence-electron chi connectivity index (χ0n) is 7.83. The number of carbonyl (C=O) groups excluding carboxylic acids is 1. The molecule has 2 atom stereocenters. The van der Waals surface area contributed by atoms with Crippen LogP contribution in [0.5, 0.6) is 0 Å². The number of carbonyl (C=O) groups is 2. The van der Waals surface area contributed by atoms with Gasteiger partial charge in [0.2, 0.25) is 0 Å². The highest BCUT2D eigenvalue weighted by Gasteiger charge is 2.27. The third kappa shape index (κ3) is 2.58. The van der Waals surface area contributed by atoms with Gasteiger partial charge in [0.05, 0.1) is 6.04 Å². The van der Waals surface area contributed by atoms with Gasteiger partial charge >= 0.3 is 5.97 Å². The van der Waals surface area contributed by atoms with Gasteiger partial charge in [0.25, 0.3) is 0 Å². The Hall–Kier alpha value is -1.79. The fraction of sp³-hybridized carbons (Fsp3) is 0.222. The minimum absolute atomic E-state index is 0.252. The van der Waals surface area contributed by atoms with E-state index in [1.54, 1.807) is 6.07 Å². The van der Waals surface area contributed by atoms with Gasteiger partial charge in [0.1, 0.15) is 6.04 Å². The Balaban J connectivity index is 2.82.